The molecule has 0 atom stereocenters. The Kier molecular flexibility index (Phi) is 2.60. The van der Waals surface area contributed by atoms with E-state index in [0.29, 0.717) is 6.61 Å². The van der Waals surface area contributed by atoms with Gasteiger partial charge >= 0.3 is 6.18 Å². The van der Waals surface area contributed by atoms with Crippen LogP contribution in [0.4, 0.5) is 13.2 Å². The van der Waals surface area contributed by atoms with Crippen LogP contribution in [0.15, 0.2) is 11.3 Å². The first-order valence-corrected chi connectivity index (χ1v) is 3.64. The standard InChI is InChI=1S/C7H9F3N2O/c8-7(9,10)6(12)4-3-13-2-1-5(4)11/h12H,1-3,11H2. The summed E-state index contributed by atoms with van der Waals surface area (Å²) >= 11 is 0. The Balaban J connectivity index is 2.87. The van der Waals surface area contributed by atoms with Gasteiger partial charge in [0.2, 0.25) is 0 Å². The van der Waals surface area contributed by atoms with E-state index in [1.165, 1.54) is 0 Å². The zero-order valence-corrected chi connectivity index (χ0v) is 6.74. The highest BCUT2D eigenvalue weighted by Crippen LogP contribution is 2.24. The first kappa shape index (κ1) is 10.0. The van der Waals surface area contributed by atoms with Crippen molar-refractivity contribution in [2.24, 2.45) is 5.73 Å². The molecule has 0 saturated heterocycles. The second-order valence-electron chi connectivity index (χ2n) is 2.68. The van der Waals surface area contributed by atoms with Gasteiger partial charge in [-0.3, -0.25) is 5.41 Å². The van der Waals surface area contributed by atoms with Gasteiger partial charge in [-0.05, 0) is 0 Å². The molecule has 0 saturated carbocycles. The largest absolute Gasteiger partial charge is 0.433 e. The molecule has 1 heterocycles. The molecule has 13 heavy (non-hydrogen) atoms. The zero-order valence-electron chi connectivity index (χ0n) is 6.74. The fourth-order valence-electron chi connectivity index (χ4n) is 1.00. The molecule has 3 nitrogen and oxygen atoms in total. The van der Waals surface area contributed by atoms with Crippen LogP contribution in [0.1, 0.15) is 6.42 Å². The minimum atomic E-state index is -4.64. The van der Waals surface area contributed by atoms with E-state index in [4.69, 9.17) is 15.9 Å². The monoisotopic (exact) mass is 194 g/mol. The van der Waals surface area contributed by atoms with Crippen LogP contribution in [0.3, 0.4) is 0 Å². The normalized spacial score (nSPS) is 19.0. The fraction of sp³-hybridized carbons (Fsp3) is 0.571. The third-order valence-electron chi connectivity index (χ3n) is 1.74. The van der Waals surface area contributed by atoms with Crippen molar-refractivity contribution < 1.29 is 17.9 Å². The summed E-state index contributed by atoms with van der Waals surface area (Å²) in [6.45, 7) is 0.102. The van der Waals surface area contributed by atoms with Gasteiger partial charge in [-0.25, -0.2) is 0 Å². The molecule has 0 amide bonds. The zero-order chi connectivity index (χ0) is 10.1. The Morgan fingerprint density at radius 2 is 2.08 bits per heavy atom. The van der Waals surface area contributed by atoms with Gasteiger partial charge in [-0.15, -0.1) is 0 Å². The van der Waals surface area contributed by atoms with Crippen molar-refractivity contribution in [3.63, 3.8) is 0 Å². The summed E-state index contributed by atoms with van der Waals surface area (Å²) in [5, 5.41) is 6.82. The number of halogens is 3. The Bertz CT molecular complexity index is 257. The third-order valence-corrected chi connectivity index (χ3v) is 1.74. The molecule has 0 unspecified atom stereocenters. The number of nitrogens with one attached hydrogen (secondary N) is 1. The number of ether oxygens (including phenoxy) is 1. The van der Waals surface area contributed by atoms with E-state index in [2.05, 4.69) is 0 Å². The molecule has 0 aromatic heterocycles. The number of nitrogens with two attached hydrogens (primary N) is 1. The van der Waals surface area contributed by atoms with Crippen LogP contribution in [0.5, 0.6) is 0 Å². The van der Waals surface area contributed by atoms with E-state index < -0.39 is 11.9 Å². The van der Waals surface area contributed by atoms with E-state index >= 15 is 0 Å². The molecular weight excluding hydrogens is 185 g/mol. The highest BCUT2D eigenvalue weighted by molar-refractivity contribution is 6.02. The molecule has 0 fully saturated rings. The average molecular weight is 194 g/mol. The first-order chi connectivity index (χ1) is 5.93. The fourth-order valence-corrected chi connectivity index (χ4v) is 1.00. The molecule has 1 aliphatic heterocycles. The maximum Gasteiger partial charge on any atom is 0.433 e. The quantitative estimate of drug-likeness (QED) is 0.616. The van der Waals surface area contributed by atoms with Crippen LogP contribution in [0.25, 0.3) is 0 Å². The van der Waals surface area contributed by atoms with Crippen molar-refractivity contribution in [1.29, 1.82) is 5.41 Å². The molecule has 0 aliphatic carbocycles. The molecule has 0 aromatic carbocycles. The number of hydrogen-bond donors (Lipinski definition) is 2. The molecule has 0 radical (unpaired) electrons. The van der Waals surface area contributed by atoms with Crippen LogP contribution in [0.2, 0.25) is 0 Å². The van der Waals surface area contributed by atoms with Gasteiger partial charge in [0.1, 0.15) is 5.71 Å². The van der Waals surface area contributed by atoms with Crippen LogP contribution in [-0.4, -0.2) is 25.1 Å². The van der Waals surface area contributed by atoms with Gasteiger partial charge in [-0.2, -0.15) is 13.2 Å². The summed E-state index contributed by atoms with van der Waals surface area (Å²) in [5.74, 6) is 0. The van der Waals surface area contributed by atoms with Crippen LogP contribution in [-0.2, 0) is 4.74 Å². The van der Waals surface area contributed by atoms with Crippen LogP contribution in [0, 0.1) is 5.41 Å². The summed E-state index contributed by atoms with van der Waals surface area (Å²) in [7, 11) is 0. The van der Waals surface area contributed by atoms with Crippen LogP contribution < -0.4 is 5.73 Å². The molecule has 0 spiro atoms. The molecule has 0 aromatic rings. The lowest BCUT2D eigenvalue weighted by molar-refractivity contribution is -0.0598. The Hall–Kier alpha value is -1.04. The SMILES string of the molecule is N=C(C1=C(N)CCOC1)C(F)(F)F. The van der Waals surface area contributed by atoms with E-state index in [1.54, 1.807) is 0 Å². The second kappa shape index (κ2) is 3.37. The predicted octanol–water partition coefficient (Wildman–Crippen LogP) is 1.20. The van der Waals surface area contributed by atoms with Gasteiger partial charge < -0.3 is 10.5 Å². The Morgan fingerprint density at radius 1 is 1.46 bits per heavy atom. The van der Waals surface area contributed by atoms with Crippen molar-refractivity contribution in [2.45, 2.75) is 12.6 Å². The summed E-state index contributed by atoms with van der Waals surface area (Å²) < 4.78 is 40.9. The lowest BCUT2D eigenvalue weighted by Crippen LogP contribution is -2.31. The van der Waals surface area contributed by atoms with Gasteiger partial charge in [0.25, 0.3) is 0 Å². The van der Waals surface area contributed by atoms with Gasteiger partial charge in [-0.1, -0.05) is 0 Å². The molecular formula is C7H9F3N2O. The topological polar surface area (TPSA) is 59.1 Å². The lowest BCUT2D eigenvalue weighted by Gasteiger charge is -2.19. The minimum absolute atomic E-state index is 0.105. The van der Waals surface area contributed by atoms with E-state index in [-0.39, 0.29) is 24.3 Å². The maximum atomic E-state index is 12.0. The third kappa shape index (κ3) is 2.21. The van der Waals surface area contributed by atoms with Crippen molar-refractivity contribution >= 4 is 5.71 Å². The van der Waals surface area contributed by atoms with Gasteiger partial charge in [0, 0.05) is 17.7 Å². The summed E-state index contributed by atoms with van der Waals surface area (Å²) in [6.07, 6.45) is -4.38. The minimum Gasteiger partial charge on any atom is -0.402 e. The Morgan fingerprint density at radius 3 is 2.54 bits per heavy atom. The average Bonchev–Trinajstić information content (AvgIpc) is 2.02. The molecule has 6 heteroatoms. The van der Waals surface area contributed by atoms with Crippen molar-refractivity contribution in [3.8, 4) is 0 Å². The molecule has 0 bridgehead atoms. The van der Waals surface area contributed by atoms with Crippen molar-refractivity contribution in [2.75, 3.05) is 13.2 Å². The summed E-state index contributed by atoms with van der Waals surface area (Å²) in [6, 6.07) is 0. The van der Waals surface area contributed by atoms with Crippen molar-refractivity contribution in [3.05, 3.63) is 11.3 Å². The Labute approximate surface area is 72.9 Å². The smallest absolute Gasteiger partial charge is 0.402 e. The van der Waals surface area contributed by atoms with Gasteiger partial charge in [0.15, 0.2) is 0 Å². The first-order valence-electron chi connectivity index (χ1n) is 3.64. The van der Waals surface area contributed by atoms with Crippen LogP contribution >= 0.6 is 0 Å². The number of hydrogen-bond acceptors (Lipinski definition) is 3. The van der Waals surface area contributed by atoms with Crippen molar-refractivity contribution in [1.82, 2.24) is 0 Å². The maximum absolute atomic E-state index is 12.0. The van der Waals surface area contributed by atoms with E-state index in [1.807, 2.05) is 0 Å². The van der Waals surface area contributed by atoms with E-state index in [0.717, 1.165) is 0 Å². The van der Waals surface area contributed by atoms with E-state index in [9.17, 15) is 13.2 Å². The number of alkyl halides is 3. The molecule has 3 N–H and O–H groups in total. The highest BCUT2D eigenvalue weighted by Gasteiger charge is 2.38. The second-order valence-corrected chi connectivity index (χ2v) is 2.68. The molecule has 1 rings (SSSR count). The lowest BCUT2D eigenvalue weighted by atomic mass is 10.1. The van der Waals surface area contributed by atoms with Gasteiger partial charge in [0.05, 0.1) is 13.2 Å². The summed E-state index contributed by atoms with van der Waals surface area (Å²) in [4.78, 5) is 0. The summed E-state index contributed by atoms with van der Waals surface area (Å²) in [5.41, 5.74) is 3.80. The number of rotatable bonds is 1. The predicted molar refractivity (Wildman–Crippen MR) is 40.4 cm³/mol. The highest BCUT2D eigenvalue weighted by atomic mass is 19.4. The molecule has 74 valence electrons. The molecule has 1 aliphatic rings.